The normalized spacial score (nSPS) is 11.1. The molecule has 160 valence electrons. The lowest BCUT2D eigenvalue weighted by atomic mass is 9.87. The maximum atomic E-state index is 12.7. The number of carbonyl (C=O) groups is 2. The van der Waals surface area contributed by atoms with Gasteiger partial charge in [0.15, 0.2) is 11.5 Å². The van der Waals surface area contributed by atoms with E-state index in [9.17, 15) is 9.59 Å². The maximum Gasteiger partial charge on any atom is 0.273 e. The van der Waals surface area contributed by atoms with Gasteiger partial charge in [-0.2, -0.15) is 0 Å². The molecule has 2 amide bonds. The number of anilines is 1. The van der Waals surface area contributed by atoms with Gasteiger partial charge in [0.05, 0.1) is 11.9 Å². The number of nitrogen functional groups attached to an aromatic ring is 1. The van der Waals surface area contributed by atoms with Gasteiger partial charge in [-0.1, -0.05) is 57.2 Å². The van der Waals surface area contributed by atoms with Gasteiger partial charge >= 0.3 is 0 Å². The van der Waals surface area contributed by atoms with Crippen molar-refractivity contribution in [1.82, 2.24) is 20.6 Å². The summed E-state index contributed by atoms with van der Waals surface area (Å²) in [5.74, 6) is -0.565. The molecule has 0 saturated heterocycles. The summed E-state index contributed by atoms with van der Waals surface area (Å²) in [6, 6.07) is 15.2. The van der Waals surface area contributed by atoms with Crippen molar-refractivity contribution < 1.29 is 9.59 Å². The van der Waals surface area contributed by atoms with Crippen LogP contribution in [-0.2, 0) is 12.0 Å². The van der Waals surface area contributed by atoms with Crippen LogP contribution in [0.1, 0.15) is 52.7 Å². The highest BCUT2D eigenvalue weighted by molar-refractivity contribution is 5.97. The SMILES string of the molecule is CNC(=O)c1nc(-c2cccc(C(=O)NCc3ccc(C(C)(C)C)cc3)c2)cnc1N. The largest absolute Gasteiger partial charge is 0.382 e. The fraction of sp³-hybridized carbons (Fsp3) is 0.250. The number of carbonyl (C=O) groups excluding carboxylic acids is 2. The molecule has 4 N–H and O–H groups in total. The van der Waals surface area contributed by atoms with Crippen LogP contribution in [0.15, 0.2) is 54.7 Å². The van der Waals surface area contributed by atoms with E-state index in [0.717, 1.165) is 5.56 Å². The van der Waals surface area contributed by atoms with Crippen LogP contribution in [0.25, 0.3) is 11.3 Å². The predicted molar refractivity (Wildman–Crippen MR) is 122 cm³/mol. The number of amides is 2. The molecule has 0 fully saturated rings. The molecule has 2 aromatic carbocycles. The van der Waals surface area contributed by atoms with Crippen LogP contribution in [-0.4, -0.2) is 28.8 Å². The van der Waals surface area contributed by atoms with E-state index in [-0.39, 0.29) is 22.8 Å². The minimum absolute atomic E-state index is 0.0496. The van der Waals surface area contributed by atoms with E-state index in [2.05, 4.69) is 53.5 Å². The number of hydrogen-bond acceptors (Lipinski definition) is 5. The first-order valence-corrected chi connectivity index (χ1v) is 10.0. The van der Waals surface area contributed by atoms with Gasteiger partial charge in [0.1, 0.15) is 0 Å². The average Bonchev–Trinajstić information content (AvgIpc) is 2.77. The summed E-state index contributed by atoms with van der Waals surface area (Å²) in [5, 5.41) is 5.43. The second-order valence-corrected chi connectivity index (χ2v) is 8.28. The third-order valence-corrected chi connectivity index (χ3v) is 4.94. The first-order valence-electron chi connectivity index (χ1n) is 10.0. The quantitative estimate of drug-likeness (QED) is 0.590. The average molecular weight is 418 g/mol. The van der Waals surface area contributed by atoms with Crippen molar-refractivity contribution in [3.8, 4) is 11.3 Å². The molecule has 0 aliphatic rings. The predicted octanol–water partition coefficient (Wildman–Crippen LogP) is 3.31. The molecule has 0 aliphatic carbocycles. The van der Waals surface area contributed by atoms with Crippen LogP contribution in [0, 0.1) is 0 Å². The third-order valence-electron chi connectivity index (χ3n) is 4.94. The molecule has 7 heteroatoms. The zero-order chi connectivity index (χ0) is 22.6. The zero-order valence-corrected chi connectivity index (χ0v) is 18.2. The Labute approximate surface area is 182 Å². The standard InChI is InChI=1S/C24H27N5O2/c1-24(2,3)18-10-8-15(9-11-18)13-28-22(30)17-7-5-6-16(12-17)19-14-27-21(25)20(29-19)23(31)26-4/h5-12,14H,13H2,1-4H3,(H2,25,27)(H,26,31)(H,28,30). The smallest absolute Gasteiger partial charge is 0.273 e. The Bertz CT molecular complexity index is 1100. The van der Waals surface area contributed by atoms with Crippen molar-refractivity contribution in [2.24, 2.45) is 0 Å². The summed E-state index contributed by atoms with van der Waals surface area (Å²) in [7, 11) is 1.50. The van der Waals surface area contributed by atoms with Crippen LogP contribution in [0.5, 0.6) is 0 Å². The Morgan fingerprint density at radius 2 is 1.74 bits per heavy atom. The molecule has 3 rings (SSSR count). The van der Waals surface area contributed by atoms with E-state index in [1.54, 1.807) is 24.3 Å². The number of aromatic nitrogens is 2. The number of rotatable bonds is 5. The number of benzene rings is 2. The molecule has 31 heavy (non-hydrogen) atoms. The topological polar surface area (TPSA) is 110 Å². The zero-order valence-electron chi connectivity index (χ0n) is 18.2. The maximum absolute atomic E-state index is 12.7. The second kappa shape index (κ2) is 8.95. The number of hydrogen-bond donors (Lipinski definition) is 3. The Hall–Kier alpha value is -3.74. The molecule has 0 aliphatic heterocycles. The van der Waals surface area contributed by atoms with Gasteiger partial charge in [-0.3, -0.25) is 9.59 Å². The Balaban J connectivity index is 1.74. The molecular weight excluding hydrogens is 390 g/mol. The van der Waals surface area contributed by atoms with Gasteiger partial charge in [0, 0.05) is 24.7 Å². The van der Waals surface area contributed by atoms with Crippen LogP contribution >= 0.6 is 0 Å². The van der Waals surface area contributed by atoms with E-state index in [4.69, 9.17) is 5.73 Å². The lowest BCUT2D eigenvalue weighted by Gasteiger charge is -2.19. The van der Waals surface area contributed by atoms with Gasteiger partial charge in [0.25, 0.3) is 11.8 Å². The Morgan fingerprint density at radius 1 is 1.03 bits per heavy atom. The fourth-order valence-corrected chi connectivity index (χ4v) is 3.05. The molecule has 0 bridgehead atoms. The molecule has 0 atom stereocenters. The van der Waals surface area contributed by atoms with Crippen molar-refractivity contribution in [1.29, 1.82) is 0 Å². The summed E-state index contributed by atoms with van der Waals surface area (Å²) in [4.78, 5) is 33.0. The van der Waals surface area contributed by atoms with Crippen LogP contribution in [0.2, 0.25) is 0 Å². The highest BCUT2D eigenvalue weighted by Crippen LogP contribution is 2.22. The summed E-state index contributed by atoms with van der Waals surface area (Å²) in [6.45, 7) is 6.93. The summed E-state index contributed by atoms with van der Waals surface area (Å²) < 4.78 is 0. The minimum atomic E-state index is -0.418. The summed E-state index contributed by atoms with van der Waals surface area (Å²) in [6.07, 6.45) is 1.48. The van der Waals surface area contributed by atoms with E-state index in [0.29, 0.717) is 23.4 Å². The van der Waals surface area contributed by atoms with Crippen molar-refractivity contribution >= 4 is 17.6 Å². The van der Waals surface area contributed by atoms with Crippen molar-refractivity contribution in [2.45, 2.75) is 32.7 Å². The molecule has 0 saturated carbocycles. The number of nitrogens with one attached hydrogen (secondary N) is 2. The van der Waals surface area contributed by atoms with Gasteiger partial charge in [-0.05, 0) is 28.7 Å². The van der Waals surface area contributed by atoms with Crippen LogP contribution in [0.4, 0.5) is 5.82 Å². The molecule has 0 radical (unpaired) electrons. The minimum Gasteiger partial charge on any atom is -0.382 e. The Morgan fingerprint density at radius 3 is 2.39 bits per heavy atom. The molecule has 3 aromatic rings. The lowest BCUT2D eigenvalue weighted by Crippen LogP contribution is -2.23. The first kappa shape index (κ1) is 22.0. The van der Waals surface area contributed by atoms with Crippen molar-refractivity contribution in [2.75, 3.05) is 12.8 Å². The molecule has 0 spiro atoms. The number of nitrogens with zero attached hydrogens (tertiary/aromatic N) is 2. The molecule has 7 nitrogen and oxygen atoms in total. The van der Waals surface area contributed by atoms with Gasteiger partial charge in [0.2, 0.25) is 0 Å². The highest BCUT2D eigenvalue weighted by atomic mass is 16.2. The monoisotopic (exact) mass is 417 g/mol. The van der Waals surface area contributed by atoms with Crippen LogP contribution in [0.3, 0.4) is 0 Å². The fourth-order valence-electron chi connectivity index (χ4n) is 3.05. The highest BCUT2D eigenvalue weighted by Gasteiger charge is 2.15. The molecular formula is C24H27N5O2. The third kappa shape index (κ3) is 5.25. The van der Waals surface area contributed by atoms with E-state index in [1.807, 2.05) is 12.1 Å². The molecule has 0 unspecified atom stereocenters. The first-order chi connectivity index (χ1) is 14.7. The van der Waals surface area contributed by atoms with E-state index < -0.39 is 5.91 Å². The van der Waals surface area contributed by atoms with Gasteiger partial charge in [-0.25, -0.2) is 9.97 Å². The van der Waals surface area contributed by atoms with Crippen molar-refractivity contribution in [3.05, 3.63) is 77.1 Å². The van der Waals surface area contributed by atoms with Gasteiger partial charge in [-0.15, -0.1) is 0 Å². The van der Waals surface area contributed by atoms with Gasteiger partial charge < -0.3 is 16.4 Å². The second-order valence-electron chi connectivity index (χ2n) is 8.28. The van der Waals surface area contributed by atoms with Crippen molar-refractivity contribution in [3.63, 3.8) is 0 Å². The Kier molecular flexibility index (Phi) is 6.34. The van der Waals surface area contributed by atoms with E-state index >= 15 is 0 Å². The van der Waals surface area contributed by atoms with Crippen LogP contribution < -0.4 is 16.4 Å². The lowest BCUT2D eigenvalue weighted by molar-refractivity contribution is 0.0945. The van der Waals surface area contributed by atoms with E-state index in [1.165, 1.54) is 18.8 Å². The molecule has 1 heterocycles. The number of nitrogens with two attached hydrogens (primary N) is 1. The molecule has 1 aromatic heterocycles. The summed E-state index contributed by atoms with van der Waals surface area (Å²) in [5.41, 5.74) is 9.78. The summed E-state index contributed by atoms with van der Waals surface area (Å²) >= 11 is 0.